The summed E-state index contributed by atoms with van der Waals surface area (Å²) in [4.78, 5) is 20.1. The molecule has 0 bridgehead atoms. The predicted octanol–water partition coefficient (Wildman–Crippen LogP) is 11.3. The van der Waals surface area contributed by atoms with Crippen LogP contribution in [0.2, 0.25) is 0 Å². The zero-order valence-electron chi connectivity index (χ0n) is 29.0. The second-order valence-electron chi connectivity index (χ2n) is 13.5. The second-order valence-corrected chi connectivity index (χ2v) is 13.5. The Morgan fingerprint density at radius 3 is 1.22 bits per heavy atom. The van der Waals surface area contributed by atoms with Gasteiger partial charge in [0.25, 0.3) is 0 Å². The van der Waals surface area contributed by atoms with Crippen LogP contribution in [-0.4, -0.2) is 30.5 Å². The van der Waals surface area contributed by atoms with E-state index in [4.69, 9.17) is 9.98 Å². The van der Waals surface area contributed by atoms with Crippen LogP contribution in [0.5, 0.6) is 0 Å². The first-order chi connectivity index (χ1) is 26.8. The van der Waals surface area contributed by atoms with Crippen molar-refractivity contribution < 1.29 is 0 Å². The number of benzene rings is 6. The quantitative estimate of drug-likeness (QED) is 0.185. The van der Waals surface area contributed by atoms with Crippen LogP contribution in [0, 0.1) is 0 Å². The van der Waals surface area contributed by atoms with Gasteiger partial charge in [0, 0.05) is 80.0 Å². The number of para-hydroxylation sites is 4. The molecule has 0 fully saturated rings. The van der Waals surface area contributed by atoms with E-state index in [-0.39, 0.29) is 0 Å². The van der Waals surface area contributed by atoms with E-state index in [2.05, 4.69) is 165 Å². The van der Waals surface area contributed by atoms with Crippen LogP contribution in [0.25, 0.3) is 55.0 Å². The summed E-state index contributed by atoms with van der Waals surface area (Å²) in [5.41, 5.74) is 13.8. The molecule has 6 nitrogen and oxygen atoms in total. The molecule has 0 spiro atoms. The van der Waals surface area contributed by atoms with Crippen molar-refractivity contribution in [2.45, 2.75) is 0 Å². The molecule has 252 valence electrons. The maximum absolute atomic E-state index is 5.44. The molecule has 6 heteroatoms. The van der Waals surface area contributed by atoms with E-state index < -0.39 is 0 Å². The zero-order chi connectivity index (χ0) is 35.6. The Balaban J connectivity index is 1.11. The molecule has 10 aromatic rings. The molecule has 0 N–H and O–H groups in total. The average molecular weight is 691 g/mol. The second kappa shape index (κ2) is 12.1. The van der Waals surface area contributed by atoms with Crippen LogP contribution in [0.15, 0.2) is 192 Å². The van der Waals surface area contributed by atoms with Gasteiger partial charge in [0.1, 0.15) is 0 Å². The van der Waals surface area contributed by atoms with E-state index in [9.17, 15) is 0 Å². The third-order valence-electron chi connectivity index (χ3n) is 10.5. The van der Waals surface area contributed by atoms with Gasteiger partial charge in [0.05, 0.1) is 44.9 Å². The number of nitrogens with zero attached hydrogens (tertiary/aromatic N) is 6. The van der Waals surface area contributed by atoms with Crippen molar-refractivity contribution in [2.24, 2.45) is 9.98 Å². The van der Waals surface area contributed by atoms with E-state index in [0.29, 0.717) is 0 Å². The van der Waals surface area contributed by atoms with Gasteiger partial charge in [0.15, 0.2) is 0 Å². The van der Waals surface area contributed by atoms with E-state index in [1.165, 1.54) is 10.8 Å². The summed E-state index contributed by atoms with van der Waals surface area (Å²) in [5, 5.41) is 4.68. The van der Waals surface area contributed by atoms with Crippen LogP contribution in [0.3, 0.4) is 0 Å². The largest absolute Gasteiger partial charge is 0.309 e. The molecular weight excluding hydrogens is 661 g/mol. The van der Waals surface area contributed by atoms with Crippen molar-refractivity contribution in [3.8, 4) is 11.4 Å². The maximum Gasteiger partial charge on any atom is 0.0819 e. The van der Waals surface area contributed by atoms with Crippen molar-refractivity contribution in [1.82, 2.24) is 19.1 Å². The van der Waals surface area contributed by atoms with Crippen LogP contribution in [-0.2, 0) is 0 Å². The first-order valence-electron chi connectivity index (χ1n) is 18.0. The standard InChI is InChI=1S/C48H30N6/c1-3-11-33(12-4-1)53-43-17-9-7-15-35(43)37-27-31(19-21-45(37)53)47-39-29-49-25-23-41(39)52-48(40-30-50-26-24-42(40)51-47)32-20-22-46-38(28-32)36-16-8-10-18-44(36)54(46)34-13-5-2-6-14-34/h1-30H/b47-39?,48-40?,51-42?,51-47-,52-41?,52-48-. The van der Waals surface area contributed by atoms with Gasteiger partial charge in [-0.3, -0.25) is 9.97 Å². The minimum Gasteiger partial charge on any atom is -0.309 e. The van der Waals surface area contributed by atoms with Crippen molar-refractivity contribution >= 4 is 66.4 Å². The molecule has 0 saturated heterocycles. The summed E-state index contributed by atoms with van der Waals surface area (Å²) in [6, 6.07) is 55.4. The van der Waals surface area contributed by atoms with E-state index in [1.807, 2.05) is 24.5 Å². The molecule has 6 aromatic carbocycles. The molecular formula is C48H30N6. The van der Waals surface area contributed by atoms with Gasteiger partial charge < -0.3 is 9.13 Å². The molecule has 5 heterocycles. The molecule has 11 rings (SSSR count). The highest BCUT2D eigenvalue weighted by Crippen LogP contribution is 2.38. The van der Waals surface area contributed by atoms with Gasteiger partial charge in [0.2, 0.25) is 0 Å². The van der Waals surface area contributed by atoms with E-state index in [0.717, 1.165) is 89.3 Å². The van der Waals surface area contributed by atoms with Crippen LogP contribution in [0.1, 0.15) is 22.3 Å². The molecule has 0 aliphatic carbocycles. The Morgan fingerprint density at radius 2 is 0.759 bits per heavy atom. The summed E-state index contributed by atoms with van der Waals surface area (Å²) in [7, 11) is 0. The fourth-order valence-electron chi connectivity index (χ4n) is 8.09. The third-order valence-corrected chi connectivity index (χ3v) is 10.5. The summed E-state index contributed by atoms with van der Waals surface area (Å²) in [6.07, 6.45) is 7.37. The maximum atomic E-state index is 5.44. The first-order valence-corrected chi connectivity index (χ1v) is 18.0. The molecule has 0 atom stereocenters. The molecule has 0 amide bonds. The Bertz CT molecular complexity index is 2940. The third kappa shape index (κ3) is 4.67. The molecule has 0 radical (unpaired) electrons. The number of rotatable bonds is 4. The summed E-state index contributed by atoms with van der Waals surface area (Å²) in [5.74, 6) is 0. The highest BCUT2D eigenvalue weighted by Gasteiger charge is 2.23. The number of hydrogen-bond acceptors (Lipinski definition) is 4. The summed E-state index contributed by atoms with van der Waals surface area (Å²) in [6.45, 7) is 0. The minimum atomic E-state index is 0.798. The lowest BCUT2D eigenvalue weighted by atomic mass is 9.96. The van der Waals surface area contributed by atoms with Gasteiger partial charge in [-0.05, 0) is 72.8 Å². The van der Waals surface area contributed by atoms with Gasteiger partial charge in [-0.25, -0.2) is 9.98 Å². The Hall–Kier alpha value is -7.44. The average Bonchev–Trinajstić information content (AvgIpc) is 3.74. The predicted molar refractivity (Wildman–Crippen MR) is 221 cm³/mol. The Kier molecular flexibility index (Phi) is 6.75. The monoisotopic (exact) mass is 690 g/mol. The van der Waals surface area contributed by atoms with Crippen molar-refractivity contribution in [2.75, 3.05) is 0 Å². The summed E-state index contributed by atoms with van der Waals surface area (Å²) < 4.78 is 4.66. The van der Waals surface area contributed by atoms with Gasteiger partial charge in [-0.15, -0.1) is 0 Å². The number of aliphatic imine (C=N–C) groups is 2. The Morgan fingerprint density at radius 1 is 0.352 bits per heavy atom. The van der Waals surface area contributed by atoms with Crippen LogP contribution >= 0.6 is 0 Å². The van der Waals surface area contributed by atoms with Crippen LogP contribution in [0.4, 0.5) is 11.4 Å². The van der Waals surface area contributed by atoms with E-state index in [1.54, 1.807) is 12.4 Å². The first kappa shape index (κ1) is 30.2. The van der Waals surface area contributed by atoms with E-state index >= 15 is 0 Å². The van der Waals surface area contributed by atoms with Gasteiger partial charge >= 0.3 is 0 Å². The number of pyridine rings is 2. The van der Waals surface area contributed by atoms with Crippen molar-refractivity contribution in [1.29, 1.82) is 0 Å². The smallest absolute Gasteiger partial charge is 0.0819 e. The molecule has 4 aromatic heterocycles. The zero-order valence-corrected chi connectivity index (χ0v) is 29.0. The molecule has 1 aliphatic heterocycles. The lowest BCUT2D eigenvalue weighted by Crippen LogP contribution is -2.11. The fraction of sp³-hybridized carbons (Fsp3) is 0. The van der Waals surface area contributed by atoms with Gasteiger partial charge in [-0.2, -0.15) is 0 Å². The Labute approximate surface area is 310 Å². The highest BCUT2D eigenvalue weighted by atomic mass is 15.0. The van der Waals surface area contributed by atoms with Gasteiger partial charge in [-0.1, -0.05) is 84.9 Å². The topological polar surface area (TPSA) is 60.4 Å². The lowest BCUT2D eigenvalue weighted by molar-refractivity contribution is 1.18. The normalized spacial score (nSPS) is 14.6. The minimum absolute atomic E-state index is 0.798. The molecule has 0 saturated carbocycles. The molecule has 1 aliphatic rings. The van der Waals surface area contributed by atoms with Crippen molar-refractivity contribution in [3.63, 3.8) is 0 Å². The number of hydrogen-bond donors (Lipinski definition) is 0. The van der Waals surface area contributed by atoms with Crippen LogP contribution < -0.4 is 0 Å². The molecule has 0 unspecified atom stereocenters. The fourth-order valence-corrected chi connectivity index (χ4v) is 8.09. The number of fused-ring (bicyclic) bond motifs is 8. The van der Waals surface area contributed by atoms with Crippen molar-refractivity contribution in [3.05, 3.63) is 205 Å². The summed E-state index contributed by atoms with van der Waals surface area (Å²) >= 11 is 0. The number of aromatic nitrogens is 4. The lowest BCUT2D eigenvalue weighted by Gasteiger charge is -2.18. The molecule has 54 heavy (non-hydrogen) atoms. The SMILES string of the molecule is c1ccc(-n2c3ccccc3c3cc(/C4=N/c5ccncc5/C(c5ccc6c(c5)c5ccccc5n6-c5ccccc5)=N\c5ccncc54)ccc32)cc1. The highest BCUT2D eigenvalue weighted by molar-refractivity contribution is 6.24.